The zero-order valence-electron chi connectivity index (χ0n) is 8.84. The summed E-state index contributed by atoms with van der Waals surface area (Å²) in [5.41, 5.74) is 1.37. The van der Waals surface area contributed by atoms with Crippen molar-refractivity contribution < 1.29 is 9.53 Å². The topological polar surface area (TPSA) is 39.2 Å². The van der Waals surface area contributed by atoms with Gasteiger partial charge in [0.2, 0.25) is 0 Å². The number of nitrogens with zero attached hydrogens (tertiary/aromatic N) is 1. The lowest BCUT2D eigenvalue weighted by Gasteiger charge is -2.01. The number of hydrogen-bond acceptors (Lipinski definition) is 4. The van der Waals surface area contributed by atoms with Crippen LogP contribution in [0.4, 0.5) is 0 Å². The Labute approximate surface area is 97.7 Å². The van der Waals surface area contributed by atoms with E-state index in [-0.39, 0.29) is 5.97 Å². The van der Waals surface area contributed by atoms with Crippen LogP contribution >= 0.6 is 11.3 Å². The first kappa shape index (κ1) is 10.8. The molecule has 0 radical (unpaired) electrons. The minimum Gasteiger partial charge on any atom is -0.461 e. The van der Waals surface area contributed by atoms with Crippen molar-refractivity contribution in [2.24, 2.45) is 0 Å². The number of esters is 1. The second kappa shape index (κ2) is 4.90. The van der Waals surface area contributed by atoms with Crippen LogP contribution < -0.4 is 0 Å². The van der Waals surface area contributed by atoms with Gasteiger partial charge in [0.25, 0.3) is 0 Å². The first-order valence-corrected chi connectivity index (χ1v) is 5.86. The van der Waals surface area contributed by atoms with Gasteiger partial charge in [0.1, 0.15) is 5.69 Å². The monoisotopic (exact) mass is 233 g/mol. The molecule has 82 valence electrons. The molecule has 0 N–H and O–H groups in total. The Morgan fingerprint density at radius 3 is 2.88 bits per heavy atom. The number of aromatic nitrogens is 1. The van der Waals surface area contributed by atoms with Gasteiger partial charge in [0.05, 0.1) is 6.61 Å². The molecule has 16 heavy (non-hydrogen) atoms. The predicted octanol–water partition coefficient (Wildman–Crippen LogP) is 2.99. The molecule has 2 rings (SSSR count). The van der Waals surface area contributed by atoms with E-state index in [1.54, 1.807) is 30.5 Å². The Kier molecular flexibility index (Phi) is 3.31. The van der Waals surface area contributed by atoms with E-state index in [9.17, 15) is 4.79 Å². The Bertz CT molecular complexity index is 462. The molecule has 0 saturated heterocycles. The quantitative estimate of drug-likeness (QED) is 0.765. The average Bonchev–Trinajstić information content (AvgIpc) is 2.83. The molecule has 0 atom stereocenters. The Hall–Kier alpha value is -1.68. The second-order valence-corrected chi connectivity index (χ2v) is 4.08. The molecule has 0 spiro atoms. The third-order valence-corrected chi connectivity index (χ3v) is 2.97. The van der Waals surface area contributed by atoms with Crippen molar-refractivity contribution in [3.05, 3.63) is 41.5 Å². The van der Waals surface area contributed by atoms with Crippen LogP contribution in [0.5, 0.6) is 0 Å². The number of carbonyl (C=O) groups excluding carboxylic acids is 1. The van der Waals surface area contributed by atoms with Crippen LogP contribution in [0.15, 0.2) is 35.8 Å². The second-order valence-electron chi connectivity index (χ2n) is 3.13. The maximum atomic E-state index is 11.4. The summed E-state index contributed by atoms with van der Waals surface area (Å²) >= 11 is 1.64. The SMILES string of the molecule is CCOC(=O)c1ccc(-c2cccs2)cn1. The number of rotatable bonds is 3. The number of hydrogen-bond donors (Lipinski definition) is 0. The molecule has 0 aliphatic carbocycles. The van der Waals surface area contributed by atoms with Crippen LogP contribution in [0.1, 0.15) is 17.4 Å². The summed E-state index contributed by atoms with van der Waals surface area (Å²) in [4.78, 5) is 16.6. The lowest BCUT2D eigenvalue weighted by atomic mass is 10.2. The van der Waals surface area contributed by atoms with Crippen molar-refractivity contribution in [2.75, 3.05) is 6.61 Å². The van der Waals surface area contributed by atoms with Crippen molar-refractivity contribution in [3.8, 4) is 10.4 Å². The molecule has 0 amide bonds. The third kappa shape index (κ3) is 2.28. The highest BCUT2D eigenvalue weighted by atomic mass is 32.1. The van der Waals surface area contributed by atoms with E-state index < -0.39 is 0 Å². The fourth-order valence-corrected chi connectivity index (χ4v) is 2.03. The van der Waals surface area contributed by atoms with Gasteiger partial charge in [-0.15, -0.1) is 11.3 Å². The fraction of sp³-hybridized carbons (Fsp3) is 0.167. The number of pyridine rings is 1. The van der Waals surface area contributed by atoms with Gasteiger partial charge in [-0.1, -0.05) is 6.07 Å². The van der Waals surface area contributed by atoms with Crippen molar-refractivity contribution in [3.63, 3.8) is 0 Å². The zero-order valence-corrected chi connectivity index (χ0v) is 9.66. The molecule has 3 nitrogen and oxygen atoms in total. The van der Waals surface area contributed by atoms with Crippen molar-refractivity contribution >= 4 is 17.3 Å². The maximum Gasteiger partial charge on any atom is 0.356 e. The lowest BCUT2D eigenvalue weighted by Crippen LogP contribution is -2.06. The minimum absolute atomic E-state index is 0.349. The summed E-state index contributed by atoms with van der Waals surface area (Å²) in [5.74, 6) is -0.375. The molecular weight excluding hydrogens is 222 g/mol. The Morgan fingerprint density at radius 1 is 1.44 bits per heavy atom. The van der Waals surface area contributed by atoms with Crippen LogP contribution in [0.3, 0.4) is 0 Å². The van der Waals surface area contributed by atoms with E-state index in [0.29, 0.717) is 12.3 Å². The molecule has 0 fully saturated rings. The van der Waals surface area contributed by atoms with Gasteiger partial charge in [-0.3, -0.25) is 0 Å². The van der Waals surface area contributed by atoms with E-state index in [0.717, 1.165) is 10.4 Å². The molecule has 4 heteroatoms. The number of thiophene rings is 1. The first-order valence-electron chi connectivity index (χ1n) is 4.98. The normalized spacial score (nSPS) is 10.1. The largest absolute Gasteiger partial charge is 0.461 e. The van der Waals surface area contributed by atoms with E-state index >= 15 is 0 Å². The van der Waals surface area contributed by atoms with Crippen LogP contribution in [0.25, 0.3) is 10.4 Å². The van der Waals surface area contributed by atoms with Gasteiger partial charge in [0.15, 0.2) is 0 Å². The van der Waals surface area contributed by atoms with Crippen molar-refractivity contribution in [2.45, 2.75) is 6.92 Å². The molecule has 2 heterocycles. The summed E-state index contributed by atoms with van der Waals surface area (Å²) in [5, 5.41) is 2.01. The number of ether oxygens (including phenoxy) is 1. The molecule has 2 aromatic heterocycles. The molecular formula is C12H11NO2S. The third-order valence-electron chi connectivity index (χ3n) is 2.05. The van der Waals surface area contributed by atoms with Gasteiger partial charge >= 0.3 is 5.97 Å². The molecule has 0 unspecified atom stereocenters. The van der Waals surface area contributed by atoms with Crippen molar-refractivity contribution in [1.82, 2.24) is 4.98 Å². The molecule has 0 aromatic carbocycles. The zero-order chi connectivity index (χ0) is 11.4. The summed E-state index contributed by atoms with van der Waals surface area (Å²) in [6, 6.07) is 7.57. The van der Waals surface area contributed by atoms with Gasteiger partial charge in [-0.05, 0) is 30.5 Å². The van der Waals surface area contributed by atoms with Crippen LogP contribution in [0.2, 0.25) is 0 Å². The van der Waals surface area contributed by atoms with E-state index in [1.165, 1.54) is 0 Å². The summed E-state index contributed by atoms with van der Waals surface area (Å²) in [6.45, 7) is 2.14. The van der Waals surface area contributed by atoms with Gasteiger partial charge < -0.3 is 4.74 Å². The van der Waals surface area contributed by atoms with E-state index in [2.05, 4.69) is 4.98 Å². The highest BCUT2D eigenvalue weighted by Gasteiger charge is 2.08. The van der Waals surface area contributed by atoms with Crippen LogP contribution in [-0.4, -0.2) is 17.6 Å². The minimum atomic E-state index is -0.375. The maximum absolute atomic E-state index is 11.4. The molecule has 0 saturated carbocycles. The van der Waals surface area contributed by atoms with Crippen LogP contribution in [0, 0.1) is 0 Å². The first-order chi connectivity index (χ1) is 7.81. The smallest absolute Gasteiger partial charge is 0.356 e. The molecule has 0 aliphatic heterocycles. The average molecular weight is 233 g/mol. The van der Waals surface area contributed by atoms with E-state index in [1.807, 2.05) is 23.6 Å². The lowest BCUT2D eigenvalue weighted by molar-refractivity contribution is 0.0519. The highest BCUT2D eigenvalue weighted by Crippen LogP contribution is 2.23. The van der Waals surface area contributed by atoms with Gasteiger partial charge in [-0.25, -0.2) is 9.78 Å². The van der Waals surface area contributed by atoms with E-state index in [4.69, 9.17) is 4.74 Å². The molecule has 0 aliphatic rings. The Balaban J connectivity index is 2.20. The van der Waals surface area contributed by atoms with Crippen LogP contribution in [-0.2, 0) is 4.74 Å². The predicted molar refractivity (Wildman–Crippen MR) is 63.5 cm³/mol. The summed E-state index contributed by atoms with van der Waals surface area (Å²) < 4.78 is 4.86. The summed E-state index contributed by atoms with van der Waals surface area (Å²) in [6.07, 6.45) is 1.69. The number of carbonyl (C=O) groups is 1. The summed E-state index contributed by atoms with van der Waals surface area (Å²) in [7, 11) is 0. The molecule has 2 aromatic rings. The van der Waals surface area contributed by atoms with Crippen molar-refractivity contribution in [1.29, 1.82) is 0 Å². The Morgan fingerprint density at radius 2 is 2.31 bits per heavy atom. The molecule has 0 bridgehead atoms. The highest BCUT2D eigenvalue weighted by molar-refractivity contribution is 7.13. The van der Waals surface area contributed by atoms with Gasteiger partial charge in [-0.2, -0.15) is 0 Å². The standard InChI is InChI=1S/C12H11NO2S/c1-2-15-12(14)10-6-5-9(8-13-10)11-4-3-7-16-11/h3-8H,2H2,1H3. The van der Waals surface area contributed by atoms with Gasteiger partial charge in [0, 0.05) is 16.6 Å². The fourth-order valence-electron chi connectivity index (χ4n) is 1.31.